The number of ether oxygens (including phenoxy) is 2. The van der Waals surface area contributed by atoms with Crippen molar-refractivity contribution in [3.8, 4) is 11.6 Å². The molecule has 4 N–H and O–H groups in total. The number of likely N-dealkylation sites (tertiary alicyclic amines) is 1. The van der Waals surface area contributed by atoms with Crippen molar-refractivity contribution >= 4 is 28.5 Å². The van der Waals surface area contributed by atoms with Crippen molar-refractivity contribution in [2.75, 3.05) is 38.1 Å². The molecule has 3 heterocycles. The number of amides is 3. The van der Waals surface area contributed by atoms with Gasteiger partial charge in [0.25, 0.3) is 5.91 Å². The van der Waals surface area contributed by atoms with Gasteiger partial charge in [-0.05, 0) is 80.1 Å². The average Bonchev–Trinajstić information content (AvgIpc) is 3.52. The Morgan fingerprint density at radius 3 is 2.91 bits per heavy atom. The third kappa shape index (κ3) is 5.68. The van der Waals surface area contributed by atoms with E-state index in [-0.39, 0.29) is 29.1 Å². The van der Waals surface area contributed by atoms with Gasteiger partial charge in [0.1, 0.15) is 22.9 Å². The molecule has 0 radical (unpaired) electrons. The zero-order chi connectivity index (χ0) is 22.3. The maximum atomic E-state index is 12.2. The number of benzene rings is 1. The molecule has 10 heteroatoms. The summed E-state index contributed by atoms with van der Waals surface area (Å²) in [6, 6.07) is 5.47. The second kappa shape index (κ2) is 10.6. The van der Waals surface area contributed by atoms with Gasteiger partial charge in [-0.2, -0.15) is 4.37 Å². The fraction of sp³-hybridized carbons (Fsp3) is 0.500. The molecule has 2 aliphatic heterocycles. The van der Waals surface area contributed by atoms with Crippen LogP contribution in [-0.2, 0) is 13.0 Å². The van der Waals surface area contributed by atoms with Gasteiger partial charge in [-0.15, -0.1) is 0 Å². The van der Waals surface area contributed by atoms with Crippen LogP contribution in [0.1, 0.15) is 47.2 Å². The molecule has 32 heavy (non-hydrogen) atoms. The average molecular weight is 460 g/mol. The third-order valence-corrected chi connectivity index (χ3v) is 6.39. The number of hydrogen-bond donors (Lipinski definition) is 3. The summed E-state index contributed by atoms with van der Waals surface area (Å²) < 4.78 is 15.4. The molecule has 2 aliphatic rings. The van der Waals surface area contributed by atoms with E-state index >= 15 is 0 Å². The first kappa shape index (κ1) is 22.3. The van der Waals surface area contributed by atoms with Crippen LogP contribution in [0.2, 0.25) is 0 Å². The van der Waals surface area contributed by atoms with Crippen LogP contribution in [0, 0.1) is 0 Å². The molecule has 2 aromatic rings. The molecule has 1 aromatic heterocycles. The predicted molar refractivity (Wildman–Crippen MR) is 123 cm³/mol. The minimum Gasteiger partial charge on any atom is -0.493 e. The molecule has 0 aliphatic carbocycles. The first-order valence-electron chi connectivity index (χ1n) is 11.0. The van der Waals surface area contributed by atoms with Gasteiger partial charge in [-0.3, -0.25) is 10.1 Å². The first-order chi connectivity index (χ1) is 15.6. The lowest BCUT2D eigenvalue weighted by molar-refractivity contribution is 0.0996. The Labute approximate surface area is 191 Å². The maximum absolute atomic E-state index is 12.2. The molecule has 0 atom stereocenters. The van der Waals surface area contributed by atoms with Gasteiger partial charge in [-0.1, -0.05) is 6.07 Å². The van der Waals surface area contributed by atoms with Gasteiger partial charge in [0.2, 0.25) is 5.88 Å². The smallest absolute Gasteiger partial charge is 0.319 e. The van der Waals surface area contributed by atoms with Crippen molar-refractivity contribution in [2.24, 2.45) is 5.73 Å². The van der Waals surface area contributed by atoms with Crippen LogP contribution in [-0.4, -0.2) is 54.0 Å². The number of unbranched alkanes of at least 4 members (excludes halogenated alkanes) is 1. The SMILES string of the molecule is NC(=O)c1c(OCc2ccc3c(c2)CCO3)nsc1NC(=O)NCCCCN1CCCC1. The van der Waals surface area contributed by atoms with Crippen LogP contribution in [0.15, 0.2) is 18.2 Å². The highest BCUT2D eigenvalue weighted by atomic mass is 32.1. The molecule has 0 spiro atoms. The molecule has 1 aromatic carbocycles. The van der Waals surface area contributed by atoms with Crippen molar-refractivity contribution in [3.05, 3.63) is 34.9 Å². The second-order valence-corrected chi connectivity index (χ2v) is 8.80. The minimum absolute atomic E-state index is 0.0867. The molecule has 4 rings (SSSR count). The van der Waals surface area contributed by atoms with E-state index in [0.717, 1.165) is 54.2 Å². The third-order valence-electron chi connectivity index (χ3n) is 5.65. The molecule has 3 amide bonds. The largest absolute Gasteiger partial charge is 0.493 e. The number of fused-ring (bicyclic) bond motifs is 1. The minimum atomic E-state index is -0.697. The van der Waals surface area contributed by atoms with Gasteiger partial charge in [0, 0.05) is 13.0 Å². The van der Waals surface area contributed by atoms with E-state index in [1.807, 2.05) is 18.2 Å². The fourth-order valence-electron chi connectivity index (χ4n) is 3.97. The summed E-state index contributed by atoms with van der Waals surface area (Å²) in [5.41, 5.74) is 7.70. The summed E-state index contributed by atoms with van der Waals surface area (Å²) in [4.78, 5) is 26.7. The van der Waals surface area contributed by atoms with Crippen molar-refractivity contribution in [3.63, 3.8) is 0 Å². The Morgan fingerprint density at radius 2 is 2.09 bits per heavy atom. The number of aromatic nitrogens is 1. The number of nitrogens with two attached hydrogens (primary N) is 1. The molecule has 172 valence electrons. The Morgan fingerprint density at radius 1 is 1.25 bits per heavy atom. The number of primary amides is 1. The Bertz CT molecular complexity index is 958. The topological polar surface area (TPSA) is 119 Å². The van der Waals surface area contributed by atoms with E-state index in [4.69, 9.17) is 15.2 Å². The molecule has 1 fully saturated rings. The van der Waals surface area contributed by atoms with Crippen molar-refractivity contribution in [2.45, 2.75) is 38.7 Å². The van der Waals surface area contributed by atoms with Gasteiger partial charge < -0.3 is 25.4 Å². The van der Waals surface area contributed by atoms with Gasteiger partial charge in [0.05, 0.1) is 6.61 Å². The Balaban J connectivity index is 1.26. The number of anilines is 1. The summed E-state index contributed by atoms with van der Waals surface area (Å²) in [7, 11) is 0. The molecule has 0 bridgehead atoms. The molecule has 9 nitrogen and oxygen atoms in total. The lowest BCUT2D eigenvalue weighted by Crippen LogP contribution is -2.30. The summed E-state index contributed by atoms with van der Waals surface area (Å²) in [6.07, 6.45) is 5.38. The van der Waals surface area contributed by atoms with Crippen molar-refractivity contribution < 1.29 is 19.1 Å². The number of hydrogen-bond acceptors (Lipinski definition) is 7. The standard InChI is InChI=1S/C22H29N5O4S/c23-19(28)18-20(31-14-15-5-6-17-16(13-15)7-12-30-17)26-32-21(18)25-22(29)24-8-1-2-9-27-10-3-4-11-27/h5-6,13H,1-4,7-12,14H2,(H2,23,28)(H2,24,25,29). The summed E-state index contributed by atoms with van der Waals surface area (Å²) in [6.45, 7) is 4.92. The van der Waals surface area contributed by atoms with Crippen LogP contribution in [0.5, 0.6) is 11.6 Å². The van der Waals surface area contributed by atoms with Crippen LogP contribution in [0.25, 0.3) is 0 Å². The van der Waals surface area contributed by atoms with Crippen LogP contribution >= 0.6 is 11.5 Å². The van der Waals surface area contributed by atoms with E-state index < -0.39 is 5.91 Å². The van der Waals surface area contributed by atoms with Crippen LogP contribution < -0.4 is 25.8 Å². The number of nitrogens with zero attached hydrogens (tertiary/aromatic N) is 2. The first-order valence-corrected chi connectivity index (χ1v) is 11.8. The highest BCUT2D eigenvalue weighted by Gasteiger charge is 2.22. The Hall–Kier alpha value is -2.85. The maximum Gasteiger partial charge on any atom is 0.319 e. The van der Waals surface area contributed by atoms with E-state index in [0.29, 0.717) is 13.2 Å². The van der Waals surface area contributed by atoms with Crippen molar-refractivity contribution in [1.82, 2.24) is 14.6 Å². The lowest BCUT2D eigenvalue weighted by atomic mass is 10.1. The highest BCUT2D eigenvalue weighted by molar-refractivity contribution is 7.11. The number of urea groups is 1. The molecule has 1 saturated heterocycles. The molecular weight excluding hydrogens is 430 g/mol. The Kier molecular flexibility index (Phi) is 7.43. The van der Waals surface area contributed by atoms with Crippen LogP contribution in [0.4, 0.5) is 9.80 Å². The van der Waals surface area contributed by atoms with Crippen molar-refractivity contribution in [1.29, 1.82) is 0 Å². The van der Waals surface area contributed by atoms with E-state index in [2.05, 4.69) is 19.9 Å². The number of rotatable bonds is 10. The molecule has 0 saturated carbocycles. The van der Waals surface area contributed by atoms with E-state index in [9.17, 15) is 9.59 Å². The molecule has 0 unspecified atom stereocenters. The number of nitrogens with one attached hydrogen (secondary N) is 2. The van der Waals surface area contributed by atoms with E-state index in [1.54, 1.807) is 0 Å². The predicted octanol–water partition coefficient (Wildman–Crippen LogP) is 2.75. The van der Waals surface area contributed by atoms with Gasteiger partial charge in [-0.25, -0.2) is 4.79 Å². The number of carbonyl (C=O) groups is 2. The quantitative estimate of drug-likeness (QED) is 0.470. The fourth-order valence-corrected chi connectivity index (χ4v) is 4.71. The summed E-state index contributed by atoms with van der Waals surface area (Å²) in [5.74, 6) is 0.325. The molecular formula is C22H29N5O4S. The van der Waals surface area contributed by atoms with Gasteiger partial charge >= 0.3 is 6.03 Å². The second-order valence-electron chi connectivity index (χ2n) is 8.02. The zero-order valence-electron chi connectivity index (χ0n) is 18.0. The summed E-state index contributed by atoms with van der Waals surface area (Å²) >= 11 is 0.974. The lowest BCUT2D eigenvalue weighted by Gasteiger charge is -2.14. The highest BCUT2D eigenvalue weighted by Crippen LogP contribution is 2.31. The van der Waals surface area contributed by atoms with E-state index in [1.165, 1.54) is 25.9 Å². The van der Waals surface area contributed by atoms with Gasteiger partial charge in [0.15, 0.2) is 0 Å². The zero-order valence-corrected chi connectivity index (χ0v) is 18.8. The number of carbonyl (C=O) groups excluding carboxylic acids is 2. The summed E-state index contributed by atoms with van der Waals surface area (Å²) in [5, 5.41) is 5.78. The monoisotopic (exact) mass is 459 g/mol. The normalized spacial score (nSPS) is 15.2. The van der Waals surface area contributed by atoms with Crippen LogP contribution in [0.3, 0.4) is 0 Å².